The molecule has 0 unspecified atom stereocenters. The molecule has 148 valence electrons. The van der Waals surface area contributed by atoms with Gasteiger partial charge in [0.25, 0.3) is 0 Å². The van der Waals surface area contributed by atoms with Gasteiger partial charge in [-0.15, -0.1) is 0 Å². The SMILES string of the molecule is COC(=O)CCNC(=O)Cc1cn2cc(-c3ccoc3)cc(C(F)(F)F)c2n1. The number of pyridine rings is 1. The number of furan rings is 1. The first kappa shape index (κ1) is 19.5. The number of fused-ring (bicyclic) bond motifs is 1. The first-order valence-electron chi connectivity index (χ1n) is 8.23. The van der Waals surface area contributed by atoms with Gasteiger partial charge in [-0.05, 0) is 12.1 Å². The molecule has 7 nitrogen and oxygen atoms in total. The Hall–Kier alpha value is -3.30. The largest absolute Gasteiger partial charge is 0.472 e. The number of imidazole rings is 1. The number of aromatic nitrogens is 2. The van der Waals surface area contributed by atoms with E-state index in [0.717, 1.165) is 6.07 Å². The lowest BCUT2D eigenvalue weighted by atomic mass is 10.1. The van der Waals surface area contributed by atoms with Crippen LogP contribution in [0.3, 0.4) is 0 Å². The van der Waals surface area contributed by atoms with Gasteiger partial charge in [0, 0.05) is 30.1 Å². The van der Waals surface area contributed by atoms with E-state index in [9.17, 15) is 22.8 Å². The molecule has 3 aromatic heterocycles. The molecule has 0 saturated heterocycles. The fourth-order valence-corrected chi connectivity index (χ4v) is 2.66. The van der Waals surface area contributed by atoms with Crippen LogP contribution in [0.25, 0.3) is 16.8 Å². The molecule has 0 radical (unpaired) electrons. The van der Waals surface area contributed by atoms with Gasteiger partial charge in [0.2, 0.25) is 5.91 Å². The minimum Gasteiger partial charge on any atom is -0.472 e. The highest BCUT2D eigenvalue weighted by Gasteiger charge is 2.35. The normalized spacial score (nSPS) is 11.6. The van der Waals surface area contributed by atoms with Crippen molar-refractivity contribution in [1.82, 2.24) is 14.7 Å². The third kappa shape index (κ3) is 4.33. The van der Waals surface area contributed by atoms with Gasteiger partial charge in [-0.25, -0.2) is 4.98 Å². The molecule has 0 aliphatic rings. The molecular weight excluding hydrogens is 379 g/mol. The summed E-state index contributed by atoms with van der Waals surface area (Å²) in [5.74, 6) is -0.939. The highest BCUT2D eigenvalue weighted by molar-refractivity contribution is 5.79. The lowest BCUT2D eigenvalue weighted by Gasteiger charge is -2.10. The molecule has 0 saturated carbocycles. The number of rotatable bonds is 6. The summed E-state index contributed by atoms with van der Waals surface area (Å²) < 4.78 is 51.1. The number of nitrogens with zero attached hydrogens (tertiary/aromatic N) is 2. The second-order valence-corrected chi connectivity index (χ2v) is 5.97. The molecule has 0 aromatic carbocycles. The van der Waals surface area contributed by atoms with Crippen molar-refractivity contribution < 1.29 is 31.9 Å². The Kier molecular flexibility index (Phi) is 5.39. The number of ether oxygens (including phenoxy) is 1. The molecule has 0 bridgehead atoms. The standard InChI is InChI=1S/C18H16F3N3O4/c1-27-16(26)2-4-22-15(25)7-13-9-24-8-12(11-3-5-28-10-11)6-14(17(24)23-13)18(19,20)21/h3,5-6,8-10H,2,4,7H2,1H3,(H,22,25). The number of carbonyl (C=O) groups is 2. The summed E-state index contributed by atoms with van der Waals surface area (Å²) in [6, 6.07) is 2.54. The lowest BCUT2D eigenvalue weighted by molar-refractivity contribution is -0.140. The van der Waals surface area contributed by atoms with Crippen LogP contribution in [0.5, 0.6) is 0 Å². The Morgan fingerprint density at radius 3 is 2.71 bits per heavy atom. The Balaban J connectivity index is 1.85. The van der Waals surface area contributed by atoms with Crippen LogP contribution < -0.4 is 5.32 Å². The zero-order valence-electron chi connectivity index (χ0n) is 14.7. The number of hydrogen-bond acceptors (Lipinski definition) is 5. The number of nitrogens with one attached hydrogen (secondary N) is 1. The average molecular weight is 395 g/mol. The minimum absolute atomic E-state index is 0.000309. The molecule has 0 aliphatic heterocycles. The Labute approximate surface area is 157 Å². The Morgan fingerprint density at radius 1 is 1.29 bits per heavy atom. The van der Waals surface area contributed by atoms with Gasteiger partial charge in [0.15, 0.2) is 0 Å². The number of amides is 1. The van der Waals surface area contributed by atoms with E-state index < -0.39 is 23.6 Å². The quantitative estimate of drug-likeness (QED) is 0.649. The molecule has 0 spiro atoms. The van der Waals surface area contributed by atoms with E-state index in [-0.39, 0.29) is 30.7 Å². The lowest BCUT2D eigenvalue weighted by Crippen LogP contribution is -2.27. The maximum absolute atomic E-state index is 13.5. The van der Waals surface area contributed by atoms with Crippen molar-refractivity contribution in [3.63, 3.8) is 0 Å². The van der Waals surface area contributed by atoms with Crippen molar-refractivity contribution in [1.29, 1.82) is 0 Å². The van der Waals surface area contributed by atoms with Crippen molar-refractivity contribution in [2.45, 2.75) is 19.0 Å². The molecule has 3 rings (SSSR count). The number of esters is 1. The molecule has 1 N–H and O–H groups in total. The predicted molar refractivity (Wildman–Crippen MR) is 91.2 cm³/mol. The van der Waals surface area contributed by atoms with Crippen molar-refractivity contribution in [2.24, 2.45) is 0 Å². The van der Waals surface area contributed by atoms with E-state index in [1.165, 1.54) is 36.4 Å². The molecule has 0 aliphatic carbocycles. The van der Waals surface area contributed by atoms with Crippen LogP contribution in [0.4, 0.5) is 13.2 Å². The molecule has 1 amide bonds. The van der Waals surface area contributed by atoms with Gasteiger partial charge >= 0.3 is 12.1 Å². The molecular formula is C18H16F3N3O4. The monoisotopic (exact) mass is 395 g/mol. The van der Waals surface area contributed by atoms with Crippen molar-refractivity contribution in [2.75, 3.05) is 13.7 Å². The maximum Gasteiger partial charge on any atom is 0.420 e. The predicted octanol–water partition coefficient (Wildman–Crippen LogP) is 2.83. The van der Waals surface area contributed by atoms with E-state index in [1.54, 1.807) is 6.07 Å². The Bertz CT molecular complexity index is 994. The summed E-state index contributed by atoms with van der Waals surface area (Å²) in [5.41, 5.74) is -0.241. The van der Waals surface area contributed by atoms with Crippen LogP contribution in [0.1, 0.15) is 17.7 Å². The zero-order valence-corrected chi connectivity index (χ0v) is 14.7. The van der Waals surface area contributed by atoms with Gasteiger partial charge in [-0.2, -0.15) is 13.2 Å². The van der Waals surface area contributed by atoms with Gasteiger partial charge in [-0.3, -0.25) is 9.59 Å². The highest BCUT2D eigenvalue weighted by atomic mass is 19.4. The van der Waals surface area contributed by atoms with Crippen molar-refractivity contribution in [3.8, 4) is 11.1 Å². The summed E-state index contributed by atoms with van der Waals surface area (Å²) in [7, 11) is 1.23. The van der Waals surface area contributed by atoms with Crippen LogP contribution in [-0.4, -0.2) is 34.9 Å². The molecule has 0 fully saturated rings. The van der Waals surface area contributed by atoms with Crippen LogP contribution in [0.2, 0.25) is 0 Å². The maximum atomic E-state index is 13.5. The molecule has 3 heterocycles. The number of hydrogen-bond donors (Lipinski definition) is 1. The number of halogens is 3. The average Bonchev–Trinajstić information content (AvgIpc) is 3.28. The number of carbonyl (C=O) groups excluding carboxylic acids is 2. The second kappa shape index (κ2) is 7.75. The topological polar surface area (TPSA) is 85.8 Å². The summed E-state index contributed by atoms with van der Waals surface area (Å²) >= 11 is 0. The van der Waals surface area contributed by atoms with E-state index in [1.807, 2.05) is 0 Å². The smallest absolute Gasteiger partial charge is 0.420 e. The summed E-state index contributed by atoms with van der Waals surface area (Å²) in [6.07, 6.45) is 0.723. The molecule has 0 atom stereocenters. The Morgan fingerprint density at radius 2 is 2.07 bits per heavy atom. The highest BCUT2D eigenvalue weighted by Crippen LogP contribution is 2.35. The third-order valence-corrected chi connectivity index (χ3v) is 3.98. The van der Waals surface area contributed by atoms with Crippen LogP contribution in [0, 0.1) is 0 Å². The van der Waals surface area contributed by atoms with Gasteiger partial charge in [0.05, 0.1) is 43.7 Å². The fourth-order valence-electron chi connectivity index (χ4n) is 2.66. The fraction of sp³-hybridized carbons (Fsp3) is 0.278. The minimum atomic E-state index is -4.62. The first-order valence-corrected chi connectivity index (χ1v) is 8.23. The van der Waals surface area contributed by atoms with Crippen molar-refractivity contribution in [3.05, 3.63) is 48.3 Å². The first-order chi connectivity index (χ1) is 13.3. The van der Waals surface area contributed by atoms with E-state index in [0.29, 0.717) is 11.1 Å². The van der Waals surface area contributed by atoms with Gasteiger partial charge in [0.1, 0.15) is 5.65 Å². The molecule has 10 heteroatoms. The summed E-state index contributed by atoms with van der Waals surface area (Å²) in [5, 5.41) is 2.50. The van der Waals surface area contributed by atoms with E-state index in [2.05, 4.69) is 15.0 Å². The summed E-state index contributed by atoms with van der Waals surface area (Å²) in [4.78, 5) is 26.9. The van der Waals surface area contributed by atoms with Crippen LogP contribution >= 0.6 is 0 Å². The second-order valence-electron chi connectivity index (χ2n) is 5.97. The van der Waals surface area contributed by atoms with Crippen LogP contribution in [-0.2, 0) is 26.9 Å². The van der Waals surface area contributed by atoms with Crippen LogP contribution in [0.15, 0.2) is 41.5 Å². The summed E-state index contributed by atoms with van der Waals surface area (Å²) in [6.45, 7) is 0.0668. The number of alkyl halides is 3. The van der Waals surface area contributed by atoms with Crippen molar-refractivity contribution >= 4 is 17.5 Å². The molecule has 28 heavy (non-hydrogen) atoms. The zero-order chi connectivity index (χ0) is 20.3. The van der Waals surface area contributed by atoms with E-state index in [4.69, 9.17) is 4.42 Å². The molecule has 3 aromatic rings. The third-order valence-electron chi connectivity index (χ3n) is 3.98. The van der Waals surface area contributed by atoms with Gasteiger partial charge in [-0.1, -0.05) is 0 Å². The van der Waals surface area contributed by atoms with Gasteiger partial charge < -0.3 is 18.9 Å². The number of methoxy groups -OCH3 is 1. The van der Waals surface area contributed by atoms with E-state index >= 15 is 0 Å².